The summed E-state index contributed by atoms with van der Waals surface area (Å²) >= 11 is 0. The molecule has 1 aliphatic rings. The maximum absolute atomic E-state index is 13.9. The van der Waals surface area contributed by atoms with E-state index in [1.165, 1.54) is 12.1 Å². The first kappa shape index (κ1) is 18.6. The fraction of sp³-hybridized carbons (Fsp3) is 0.0833. The van der Waals surface area contributed by atoms with Crippen molar-refractivity contribution in [2.45, 2.75) is 13.3 Å². The average molecular weight is 386 g/mol. The van der Waals surface area contributed by atoms with Gasteiger partial charge in [-0.25, -0.2) is 4.39 Å². The molecule has 5 heteroatoms. The number of fused-ring (bicyclic) bond motifs is 1. The number of hydrogen-bond acceptors (Lipinski definition) is 2. The topological polar surface area (TPSA) is 72.2 Å². The molecule has 0 aliphatic heterocycles. The third-order valence-corrected chi connectivity index (χ3v) is 5.06. The van der Waals surface area contributed by atoms with E-state index in [9.17, 15) is 14.0 Å². The van der Waals surface area contributed by atoms with E-state index in [1.54, 1.807) is 25.1 Å². The second kappa shape index (κ2) is 7.36. The molecule has 3 N–H and O–H groups in total. The Labute approximate surface area is 167 Å². The zero-order valence-corrected chi connectivity index (χ0v) is 15.8. The Morgan fingerprint density at radius 3 is 2.45 bits per heavy atom. The van der Waals surface area contributed by atoms with Crippen LogP contribution in [-0.4, -0.2) is 11.8 Å². The van der Waals surface area contributed by atoms with Crippen molar-refractivity contribution in [3.8, 4) is 0 Å². The van der Waals surface area contributed by atoms with E-state index in [2.05, 4.69) is 5.32 Å². The van der Waals surface area contributed by atoms with Crippen molar-refractivity contribution in [3.05, 3.63) is 100 Å². The minimum atomic E-state index is -0.565. The highest BCUT2D eigenvalue weighted by Gasteiger charge is 2.25. The molecule has 0 atom stereocenters. The van der Waals surface area contributed by atoms with E-state index < -0.39 is 17.6 Å². The van der Waals surface area contributed by atoms with Crippen molar-refractivity contribution in [2.24, 2.45) is 5.73 Å². The number of anilines is 1. The third kappa shape index (κ3) is 3.55. The molecule has 0 unspecified atom stereocenters. The van der Waals surface area contributed by atoms with Gasteiger partial charge in [-0.15, -0.1) is 0 Å². The Morgan fingerprint density at radius 1 is 1.00 bits per heavy atom. The molecular formula is C24H19FN2O2. The van der Waals surface area contributed by atoms with Gasteiger partial charge < -0.3 is 11.1 Å². The van der Waals surface area contributed by atoms with Gasteiger partial charge in [-0.2, -0.15) is 0 Å². The second-order valence-electron chi connectivity index (χ2n) is 7.07. The number of halogens is 1. The zero-order valence-electron chi connectivity index (χ0n) is 15.8. The maximum Gasteiger partial charge on any atom is 0.258 e. The lowest BCUT2D eigenvalue weighted by Gasteiger charge is -2.09. The fourth-order valence-electron chi connectivity index (χ4n) is 3.65. The molecule has 144 valence electrons. The van der Waals surface area contributed by atoms with Crippen LogP contribution in [0.5, 0.6) is 0 Å². The van der Waals surface area contributed by atoms with Crippen LogP contribution in [-0.2, 0) is 11.2 Å². The van der Waals surface area contributed by atoms with Crippen molar-refractivity contribution < 1.29 is 14.0 Å². The number of nitrogens with one attached hydrogen (secondary N) is 1. The van der Waals surface area contributed by atoms with Gasteiger partial charge >= 0.3 is 0 Å². The predicted molar refractivity (Wildman–Crippen MR) is 112 cm³/mol. The molecule has 1 aliphatic carbocycles. The molecule has 0 heterocycles. The van der Waals surface area contributed by atoms with Crippen LogP contribution in [0.4, 0.5) is 10.1 Å². The summed E-state index contributed by atoms with van der Waals surface area (Å²) in [6.07, 6.45) is 0.620. The molecular weight excluding hydrogens is 367 g/mol. The molecule has 0 saturated carbocycles. The Bertz CT molecular complexity index is 1160. The summed E-state index contributed by atoms with van der Waals surface area (Å²) in [5.74, 6) is -1.54. The first-order valence-corrected chi connectivity index (χ1v) is 9.23. The number of carbonyl (C=O) groups excluding carboxylic acids is 2. The normalized spacial score (nSPS) is 12.6. The first-order valence-electron chi connectivity index (χ1n) is 9.23. The van der Waals surface area contributed by atoms with E-state index in [-0.39, 0.29) is 5.56 Å². The minimum absolute atomic E-state index is 0.000887. The lowest BCUT2D eigenvalue weighted by atomic mass is 9.99. The minimum Gasteiger partial charge on any atom is -0.366 e. The third-order valence-electron chi connectivity index (χ3n) is 5.06. The van der Waals surface area contributed by atoms with Crippen LogP contribution in [0.25, 0.3) is 11.1 Å². The lowest BCUT2D eigenvalue weighted by Crippen LogP contribution is -2.14. The maximum atomic E-state index is 13.9. The molecule has 29 heavy (non-hydrogen) atoms. The molecule has 3 aromatic carbocycles. The van der Waals surface area contributed by atoms with E-state index in [1.807, 2.05) is 36.4 Å². The Balaban J connectivity index is 1.60. The van der Waals surface area contributed by atoms with Gasteiger partial charge in [-0.1, -0.05) is 48.0 Å². The van der Waals surface area contributed by atoms with Crippen molar-refractivity contribution in [2.75, 3.05) is 5.32 Å². The van der Waals surface area contributed by atoms with Crippen molar-refractivity contribution in [1.82, 2.24) is 0 Å². The monoisotopic (exact) mass is 386 g/mol. The van der Waals surface area contributed by atoms with Crippen LogP contribution in [0.3, 0.4) is 0 Å². The number of carbonyl (C=O) groups is 2. The molecule has 0 spiro atoms. The van der Waals surface area contributed by atoms with Crippen LogP contribution < -0.4 is 11.1 Å². The van der Waals surface area contributed by atoms with E-state index >= 15 is 0 Å². The lowest BCUT2D eigenvalue weighted by molar-refractivity contribution is -0.112. The van der Waals surface area contributed by atoms with Gasteiger partial charge in [-0.3, -0.25) is 9.59 Å². The van der Waals surface area contributed by atoms with Crippen LogP contribution in [0.15, 0.2) is 66.7 Å². The molecule has 0 aromatic heterocycles. The van der Waals surface area contributed by atoms with Gasteiger partial charge in [-0.05, 0) is 59.9 Å². The van der Waals surface area contributed by atoms with Gasteiger partial charge in [0, 0.05) is 5.69 Å². The average Bonchev–Trinajstić information content (AvgIpc) is 3.10. The van der Waals surface area contributed by atoms with Gasteiger partial charge in [0.1, 0.15) is 5.82 Å². The standard InChI is InChI=1S/C24H19FN2O2/c1-14-6-11-21(25)20(12-14)24(29)27-17-9-7-15(8-10-17)19-13-16-4-2-3-5-18(16)22(19)23(26)28/h2-12H,13H2,1H3,(H2,26,28)(H,27,29). The zero-order chi connectivity index (χ0) is 20.5. The van der Waals surface area contributed by atoms with Gasteiger partial charge in [0.05, 0.1) is 11.1 Å². The highest BCUT2D eigenvalue weighted by Crippen LogP contribution is 2.38. The van der Waals surface area contributed by atoms with E-state index in [0.29, 0.717) is 17.7 Å². The summed E-state index contributed by atoms with van der Waals surface area (Å²) in [7, 11) is 0. The van der Waals surface area contributed by atoms with Crippen molar-refractivity contribution >= 4 is 28.6 Å². The number of nitrogens with two attached hydrogens (primary N) is 1. The van der Waals surface area contributed by atoms with E-state index in [0.717, 1.165) is 27.8 Å². The van der Waals surface area contributed by atoms with Gasteiger partial charge in [0.25, 0.3) is 5.91 Å². The number of aryl methyl sites for hydroxylation is 1. The highest BCUT2D eigenvalue weighted by molar-refractivity contribution is 6.28. The highest BCUT2D eigenvalue weighted by atomic mass is 19.1. The second-order valence-corrected chi connectivity index (χ2v) is 7.07. The molecule has 4 nitrogen and oxygen atoms in total. The number of benzene rings is 3. The smallest absolute Gasteiger partial charge is 0.258 e. The first-order chi connectivity index (χ1) is 13.9. The number of primary amides is 1. The van der Waals surface area contributed by atoms with E-state index in [4.69, 9.17) is 5.73 Å². The molecule has 0 bridgehead atoms. The molecule has 3 aromatic rings. The Kier molecular flexibility index (Phi) is 4.72. The number of rotatable bonds is 4. The quantitative estimate of drug-likeness (QED) is 0.700. The summed E-state index contributed by atoms with van der Waals surface area (Å²) < 4.78 is 13.9. The van der Waals surface area contributed by atoms with Gasteiger partial charge in [0.2, 0.25) is 5.91 Å². The number of amides is 2. The summed E-state index contributed by atoms with van der Waals surface area (Å²) in [6.45, 7) is 1.80. The molecule has 0 fully saturated rings. The predicted octanol–water partition coefficient (Wildman–Crippen LogP) is 4.34. The van der Waals surface area contributed by atoms with Crippen LogP contribution >= 0.6 is 0 Å². The Morgan fingerprint density at radius 2 is 1.72 bits per heavy atom. The molecule has 2 amide bonds. The largest absolute Gasteiger partial charge is 0.366 e. The molecule has 0 radical (unpaired) electrons. The van der Waals surface area contributed by atoms with Crippen LogP contribution in [0, 0.1) is 12.7 Å². The number of allylic oxidation sites excluding steroid dienone is 1. The summed E-state index contributed by atoms with van der Waals surface area (Å²) in [6, 6.07) is 19.2. The Hall–Kier alpha value is -3.73. The van der Waals surface area contributed by atoms with Crippen molar-refractivity contribution in [1.29, 1.82) is 0 Å². The molecule has 4 rings (SSSR count). The van der Waals surface area contributed by atoms with Gasteiger partial charge in [0.15, 0.2) is 0 Å². The van der Waals surface area contributed by atoms with Crippen molar-refractivity contribution in [3.63, 3.8) is 0 Å². The van der Waals surface area contributed by atoms with Crippen LogP contribution in [0.1, 0.15) is 32.6 Å². The fourth-order valence-corrected chi connectivity index (χ4v) is 3.65. The summed E-state index contributed by atoms with van der Waals surface area (Å²) in [5, 5.41) is 2.71. The summed E-state index contributed by atoms with van der Waals surface area (Å²) in [5.41, 5.74) is 11.1. The molecule has 0 saturated heterocycles. The summed E-state index contributed by atoms with van der Waals surface area (Å²) in [4.78, 5) is 24.4. The number of hydrogen-bond donors (Lipinski definition) is 2. The van der Waals surface area contributed by atoms with Crippen LogP contribution in [0.2, 0.25) is 0 Å². The SMILES string of the molecule is Cc1ccc(F)c(C(=O)Nc2ccc(C3=C(C(N)=O)c4ccccc4C3)cc2)c1.